The summed E-state index contributed by atoms with van der Waals surface area (Å²) in [5.74, 6) is -2.33. The van der Waals surface area contributed by atoms with E-state index in [4.69, 9.17) is 5.73 Å². The van der Waals surface area contributed by atoms with E-state index in [1.807, 2.05) is 0 Å². The Morgan fingerprint density at radius 2 is 1.81 bits per heavy atom. The SMILES string of the molecule is Nc1cc(C(=O)Nc2ccc(F)cc2)c([N+](=O)[O-])cc1F. The van der Waals surface area contributed by atoms with Gasteiger partial charge in [0.15, 0.2) is 5.82 Å². The molecule has 21 heavy (non-hydrogen) atoms. The number of nitro groups is 1. The first kappa shape index (κ1) is 14.4. The molecule has 8 heteroatoms. The van der Waals surface area contributed by atoms with Gasteiger partial charge in [0.05, 0.1) is 16.7 Å². The number of nitrogens with zero attached hydrogens (tertiary/aromatic N) is 1. The molecule has 0 spiro atoms. The number of nitrogen functional groups attached to an aromatic ring is 1. The summed E-state index contributed by atoms with van der Waals surface area (Å²) in [6.45, 7) is 0. The lowest BCUT2D eigenvalue weighted by molar-refractivity contribution is -0.385. The number of nitrogens with two attached hydrogens (primary N) is 1. The highest BCUT2D eigenvalue weighted by molar-refractivity contribution is 6.07. The number of anilines is 2. The van der Waals surface area contributed by atoms with Crippen LogP contribution in [0.2, 0.25) is 0 Å². The van der Waals surface area contributed by atoms with Gasteiger partial charge in [-0.1, -0.05) is 0 Å². The van der Waals surface area contributed by atoms with Crippen molar-refractivity contribution in [2.24, 2.45) is 0 Å². The van der Waals surface area contributed by atoms with Crippen molar-refractivity contribution in [2.45, 2.75) is 0 Å². The van der Waals surface area contributed by atoms with E-state index in [-0.39, 0.29) is 16.9 Å². The number of hydrogen-bond donors (Lipinski definition) is 2. The maximum Gasteiger partial charge on any atom is 0.285 e. The highest BCUT2D eigenvalue weighted by Gasteiger charge is 2.23. The molecule has 3 N–H and O–H groups in total. The number of nitrogens with one attached hydrogen (secondary N) is 1. The van der Waals surface area contributed by atoms with Crippen LogP contribution in [0.1, 0.15) is 10.4 Å². The Labute approximate surface area is 117 Å². The molecule has 6 nitrogen and oxygen atoms in total. The van der Waals surface area contributed by atoms with E-state index in [0.717, 1.165) is 18.2 Å². The molecule has 2 aromatic rings. The van der Waals surface area contributed by atoms with E-state index >= 15 is 0 Å². The van der Waals surface area contributed by atoms with Crippen LogP contribution in [0.4, 0.5) is 25.8 Å². The van der Waals surface area contributed by atoms with Gasteiger partial charge in [-0.2, -0.15) is 0 Å². The summed E-state index contributed by atoms with van der Waals surface area (Å²) in [7, 11) is 0. The second-order valence-electron chi connectivity index (χ2n) is 4.11. The molecule has 0 aliphatic rings. The van der Waals surface area contributed by atoms with Crippen molar-refractivity contribution in [3.05, 3.63) is 63.7 Å². The molecule has 2 rings (SSSR count). The van der Waals surface area contributed by atoms with Crippen molar-refractivity contribution in [1.29, 1.82) is 0 Å². The Bertz CT molecular complexity index is 717. The first-order chi connectivity index (χ1) is 9.88. The van der Waals surface area contributed by atoms with Gasteiger partial charge in [-0.3, -0.25) is 14.9 Å². The minimum Gasteiger partial charge on any atom is -0.396 e. The lowest BCUT2D eigenvalue weighted by Gasteiger charge is -2.07. The molecule has 0 bridgehead atoms. The zero-order valence-corrected chi connectivity index (χ0v) is 10.5. The number of hydrogen-bond acceptors (Lipinski definition) is 4. The molecule has 0 radical (unpaired) electrons. The van der Waals surface area contributed by atoms with Gasteiger partial charge in [0.1, 0.15) is 11.4 Å². The Hall–Kier alpha value is -3.03. The van der Waals surface area contributed by atoms with Crippen molar-refractivity contribution in [3.8, 4) is 0 Å². The van der Waals surface area contributed by atoms with Crippen molar-refractivity contribution < 1.29 is 18.5 Å². The van der Waals surface area contributed by atoms with E-state index in [1.54, 1.807) is 0 Å². The highest BCUT2D eigenvalue weighted by atomic mass is 19.1. The zero-order valence-electron chi connectivity index (χ0n) is 10.5. The second kappa shape index (κ2) is 5.53. The summed E-state index contributed by atoms with van der Waals surface area (Å²) in [4.78, 5) is 22.0. The van der Waals surface area contributed by atoms with Gasteiger partial charge in [0, 0.05) is 5.69 Å². The molecule has 0 aromatic heterocycles. The first-order valence-electron chi connectivity index (χ1n) is 5.69. The number of carbonyl (C=O) groups is 1. The third-order valence-electron chi connectivity index (χ3n) is 2.66. The predicted molar refractivity (Wildman–Crippen MR) is 71.8 cm³/mol. The van der Waals surface area contributed by atoms with Gasteiger partial charge in [-0.15, -0.1) is 0 Å². The topological polar surface area (TPSA) is 98.3 Å². The van der Waals surface area contributed by atoms with E-state index in [1.165, 1.54) is 12.1 Å². The van der Waals surface area contributed by atoms with E-state index in [9.17, 15) is 23.7 Å². The lowest BCUT2D eigenvalue weighted by Crippen LogP contribution is -2.15. The van der Waals surface area contributed by atoms with Gasteiger partial charge < -0.3 is 11.1 Å². The molecule has 1 amide bonds. The molecule has 0 aliphatic heterocycles. The van der Waals surface area contributed by atoms with Crippen molar-refractivity contribution >= 4 is 23.0 Å². The van der Waals surface area contributed by atoms with Gasteiger partial charge in [0.25, 0.3) is 11.6 Å². The fourth-order valence-corrected chi connectivity index (χ4v) is 1.64. The van der Waals surface area contributed by atoms with Crippen LogP contribution < -0.4 is 11.1 Å². The number of halogens is 2. The summed E-state index contributed by atoms with van der Waals surface area (Å²) >= 11 is 0. The number of carbonyl (C=O) groups excluding carboxylic acids is 1. The van der Waals surface area contributed by atoms with E-state index in [0.29, 0.717) is 6.07 Å². The summed E-state index contributed by atoms with van der Waals surface area (Å²) in [5, 5.41) is 13.2. The standard InChI is InChI=1S/C13H9F2N3O3/c14-7-1-3-8(4-2-7)17-13(19)9-5-11(16)10(15)6-12(9)18(20)21/h1-6H,16H2,(H,17,19). The minimum absolute atomic E-state index is 0.235. The van der Waals surface area contributed by atoms with Gasteiger partial charge in [0.2, 0.25) is 0 Å². The molecule has 0 saturated heterocycles. The van der Waals surface area contributed by atoms with Crippen molar-refractivity contribution in [2.75, 3.05) is 11.1 Å². The van der Waals surface area contributed by atoms with Crippen molar-refractivity contribution in [1.82, 2.24) is 0 Å². The lowest BCUT2D eigenvalue weighted by atomic mass is 10.1. The van der Waals surface area contributed by atoms with Gasteiger partial charge in [-0.05, 0) is 30.3 Å². The molecular formula is C13H9F2N3O3. The summed E-state index contributed by atoms with van der Waals surface area (Å²) in [6, 6.07) is 6.26. The maximum atomic E-state index is 13.3. The maximum absolute atomic E-state index is 13.3. The number of nitro benzene ring substituents is 1. The molecule has 0 unspecified atom stereocenters. The average molecular weight is 293 g/mol. The van der Waals surface area contributed by atoms with Gasteiger partial charge >= 0.3 is 0 Å². The Balaban J connectivity index is 2.36. The molecule has 0 aliphatic carbocycles. The number of amides is 1. The first-order valence-corrected chi connectivity index (χ1v) is 5.69. The highest BCUT2D eigenvalue weighted by Crippen LogP contribution is 2.25. The van der Waals surface area contributed by atoms with E-state index in [2.05, 4.69) is 5.32 Å². The predicted octanol–water partition coefficient (Wildman–Crippen LogP) is 2.71. The average Bonchev–Trinajstić information content (AvgIpc) is 2.43. The molecule has 2 aromatic carbocycles. The number of rotatable bonds is 3. The molecule has 0 saturated carbocycles. The van der Waals surface area contributed by atoms with Crippen LogP contribution in [0.3, 0.4) is 0 Å². The fourth-order valence-electron chi connectivity index (χ4n) is 1.64. The Morgan fingerprint density at radius 3 is 2.38 bits per heavy atom. The zero-order chi connectivity index (χ0) is 15.6. The largest absolute Gasteiger partial charge is 0.396 e. The van der Waals surface area contributed by atoms with Crippen LogP contribution >= 0.6 is 0 Å². The fraction of sp³-hybridized carbons (Fsp3) is 0. The summed E-state index contributed by atoms with van der Waals surface area (Å²) in [5.41, 5.74) is 4.07. The third-order valence-corrected chi connectivity index (χ3v) is 2.66. The molecule has 0 atom stereocenters. The van der Waals surface area contributed by atoms with Crippen LogP contribution in [-0.2, 0) is 0 Å². The Morgan fingerprint density at radius 1 is 1.19 bits per heavy atom. The Kier molecular flexibility index (Phi) is 3.79. The molecule has 0 heterocycles. The van der Waals surface area contributed by atoms with Crippen LogP contribution in [0, 0.1) is 21.7 Å². The van der Waals surface area contributed by atoms with Crippen LogP contribution in [0.15, 0.2) is 36.4 Å². The van der Waals surface area contributed by atoms with Crippen LogP contribution in [0.5, 0.6) is 0 Å². The second-order valence-corrected chi connectivity index (χ2v) is 4.11. The number of benzene rings is 2. The molecule has 108 valence electrons. The van der Waals surface area contributed by atoms with Crippen molar-refractivity contribution in [3.63, 3.8) is 0 Å². The normalized spacial score (nSPS) is 10.2. The molecule has 0 fully saturated rings. The van der Waals surface area contributed by atoms with E-state index < -0.39 is 28.2 Å². The van der Waals surface area contributed by atoms with Crippen LogP contribution in [0.25, 0.3) is 0 Å². The summed E-state index contributed by atoms with van der Waals surface area (Å²) < 4.78 is 26.0. The quantitative estimate of drug-likeness (QED) is 0.516. The molecular weight excluding hydrogens is 284 g/mol. The van der Waals surface area contributed by atoms with Crippen LogP contribution in [-0.4, -0.2) is 10.8 Å². The monoisotopic (exact) mass is 293 g/mol. The summed E-state index contributed by atoms with van der Waals surface area (Å²) in [6.07, 6.45) is 0. The minimum atomic E-state index is -0.986. The smallest absolute Gasteiger partial charge is 0.285 e. The van der Waals surface area contributed by atoms with Gasteiger partial charge in [-0.25, -0.2) is 8.78 Å². The third kappa shape index (κ3) is 3.11.